The highest BCUT2D eigenvalue weighted by Crippen LogP contribution is 2.13. The smallest absolute Gasteiger partial charge is 0.0976 e. The molecule has 0 aliphatic rings. The van der Waals surface area contributed by atoms with E-state index in [1.807, 2.05) is 12.3 Å². The summed E-state index contributed by atoms with van der Waals surface area (Å²) >= 11 is 0. The van der Waals surface area contributed by atoms with Crippen LogP contribution in [-0.4, -0.2) is 45.0 Å². The van der Waals surface area contributed by atoms with Crippen molar-refractivity contribution in [3.05, 3.63) is 24.0 Å². The van der Waals surface area contributed by atoms with E-state index in [1.165, 1.54) is 0 Å². The Morgan fingerprint density at radius 2 is 2.22 bits per heavy atom. The van der Waals surface area contributed by atoms with Gasteiger partial charge in [0.1, 0.15) is 0 Å². The van der Waals surface area contributed by atoms with Gasteiger partial charge < -0.3 is 20.1 Å². The number of anilines is 1. The summed E-state index contributed by atoms with van der Waals surface area (Å²) in [6.45, 7) is 5.14. The molecule has 0 bridgehead atoms. The highest BCUT2D eigenvalue weighted by molar-refractivity contribution is 5.49. The van der Waals surface area contributed by atoms with Crippen molar-refractivity contribution >= 4 is 5.69 Å². The highest BCUT2D eigenvalue weighted by atomic mass is 16.5. The Labute approximate surface area is 109 Å². The Hall–Kier alpha value is -1.17. The summed E-state index contributed by atoms with van der Waals surface area (Å²) in [5.41, 5.74) is 2.25. The van der Waals surface area contributed by atoms with E-state index >= 15 is 0 Å². The van der Waals surface area contributed by atoms with Crippen LogP contribution in [0, 0.1) is 0 Å². The van der Waals surface area contributed by atoms with Crippen molar-refractivity contribution in [3.8, 4) is 0 Å². The van der Waals surface area contributed by atoms with E-state index in [0.29, 0.717) is 13.2 Å². The predicted octanol–water partition coefficient (Wildman–Crippen LogP) is 1.26. The second-order valence-electron chi connectivity index (χ2n) is 4.01. The molecule has 1 unspecified atom stereocenters. The average molecular weight is 253 g/mol. The SMILES string of the molecule is CCNCc1cnccc1NCC(COC)OC. The minimum Gasteiger partial charge on any atom is -0.382 e. The van der Waals surface area contributed by atoms with Crippen LogP contribution in [0.3, 0.4) is 0 Å². The average Bonchev–Trinajstić information content (AvgIpc) is 2.42. The topological polar surface area (TPSA) is 55.4 Å². The minimum atomic E-state index is 0.0511. The highest BCUT2D eigenvalue weighted by Gasteiger charge is 2.08. The van der Waals surface area contributed by atoms with Crippen molar-refractivity contribution < 1.29 is 9.47 Å². The summed E-state index contributed by atoms with van der Waals surface area (Å²) in [6, 6.07) is 1.98. The van der Waals surface area contributed by atoms with Gasteiger partial charge in [-0.3, -0.25) is 4.98 Å². The second kappa shape index (κ2) is 8.85. The molecule has 0 radical (unpaired) electrons. The van der Waals surface area contributed by atoms with Gasteiger partial charge in [-0.15, -0.1) is 0 Å². The van der Waals surface area contributed by atoms with Crippen LogP contribution in [0.2, 0.25) is 0 Å². The normalized spacial score (nSPS) is 12.4. The summed E-state index contributed by atoms with van der Waals surface area (Å²) in [4.78, 5) is 4.15. The van der Waals surface area contributed by atoms with E-state index in [1.54, 1.807) is 20.4 Å². The Morgan fingerprint density at radius 3 is 2.89 bits per heavy atom. The molecule has 1 aromatic rings. The third-order valence-corrected chi connectivity index (χ3v) is 2.68. The van der Waals surface area contributed by atoms with Crippen molar-refractivity contribution in [1.29, 1.82) is 0 Å². The molecule has 5 nitrogen and oxygen atoms in total. The Morgan fingerprint density at radius 1 is 1.39 bits per heavy atom. The number of nitrogens with one attached hydrogen (secondary N) is 2. The van der Waals surface area contributed by atoms with Gasteiger partial charge in [0.15, 0.2) is 0 Å². The summed E-state index contributed by atoms with van der Waals surface area (Å²) < 4.78 is 10.4. The molecule has 0 saturated carbocycles. The maximum Gasteiger partial charge on any atom is 0.0976 e. The van der Waals surface area contributed by atoms with Gasteiger partial charge in [0, 0.05) is 51.0 Å². The van der Waals surface area contributed by atoms with Crippen molar-refractivity contribution in [3.63, 3.8) is 0 Å². The fourth-order valence-electron chi connectivity index (χ4n) is 1.62. The van der Waals surface area contributed by atoms with Crippen LogP contribution in [0.5, 0.6) is 0 Å². The first-order valence-corrected chi connectivity index (χ1v) is 6.21. The van der Waals surface area contributed by atoms with Crippen molar-refractivity contribution in [1.82, 2.24) is 10.3 Å². The third kappa shape index (κ3) is 5.00. The first-order chi connectivity index (χ1) is 8.81. The van der Waals surface area contributed by atoms with Crippen LogP contribution >= 0.6 is 0 Å². The zero-order chi connectivity index (χ0) is 13.2. The van der Waals surface area contributed by atoms with Gasteiger partial charge in [-0.1, -0.05) is 6.92 Å². The number of ether oxygens (including phenoxy) is 2. The molecule has 0 aliphatic heterocycles. The van der Waals surface area contributed by atoms with E-state index < -0.39 is 0 Å². The van der Waals surface area contributed by atoms with E-state index in [-0.39, 0.29) is 6.10 Å². The van der Waals surface area contributed by atoms with Crippen molar-refractivity contribution in [2.45, 2.75) is 19.6 Å². The Balaban J connectivity index is 2.54. The molecular weight excluding hydrogens is 230 g/mol. The number of methoxy groups -OCH3 is 2. The molecule has 18 heavy (non-hydrogen) atoms. The first-order valence-electron chi connectivity index (χ1n) is 6.21. The molecule has 0 amide bonds. The molecule has 1 heterocycles. The monoisotopic (exact) mass is 253 g/mol. The molecule has 102 valence electrons. The molecule has 0 fully saturated rings. The molecule has 1 aromatic heterocycles. The van der Waals surface area contributed by atoms with Crippen molar-refractivity contribution in [2.24, 2.45) is 0 Å². The zero-order valence-electron chi connectivity index (χ0n) is 11.4. The number of hydrogen-bond acceptors (Lipinski definition) is 5. The molecule has 0 saturated heterocycles. The fourth-order valence-corrected chi connectivity index (χ4v) is 1.62. The van der Waals surface area contributed by atoms with Crippen LogP contribution in [-0.2, 0) is 16.0 Å². The van der Waals surface area contributed by atoms with Gasteiger partial charge in [-0.2, -0.15) is 0 Å². The lowest BCUT2D eigenvalue weighted by Crippen LogP contribution is -2.27. The first kappa shape index (κ1) is 14.9. The number of rotatable bonds is 9. The maximum atomic E-state index is 5.31. The van der Waals surface area contributed by atoms with E-state index in [9.17, 15) is 0 Å². The van der Waals surface area contributed by atoms with Gasteiger partial charge in [0.25, 0.3) is 0 Å². The fraction of sp³-hybridized carbons (Fsp3) is 0.615. The second-order valence-corrected chi connectivity index (χ2v) is 4.01. The molecule has 0 spiro atoms. The largest absolute Gasteiger partial charge is 0.382 e. The van der Waals surface area contributed by atoms with Gasteiger partial charge >= 0.3 is 0 Å². The number of pyridine rings is 1. The Bertz CT molecular complexity index is 334. The number of hydrogen-bond donors (Lipinski definition) is 2. The third-order valence-electron chi connectivity index (χ3n) is 2.68. The van der Waals surface area contributed by atoms with Crippen LogP contribution in [0.15, 0.2) is 18.5 Å². The quantitative estimate of drug-likeness (QED) is 0.694. The molecule has 2 N–H and O–H groups in total. The van der Waals surface area contributed by atoms with Crippen LogP contribution < -0.4 is 10.6 Å². The summed E-state index contributed by atoms with van der Waals surface area (Å²) in [5.74, 6) is 0. The summed E-state index contributed by atoms with van der Waals surface area (Å²) in [5, 5.41) is 6.67. The van der Waals surface area contributed by atoms with E-state index in [2.05, 4.69) is 22.5 Å². The van der Waals surface area contributed by atoms with Crippen LogP contribution in [0.1, 0.15) is 12.5 Å². The van der Waals surface area contributed by atoms with Gasteiger partial charge in [-0.05, 0) is 12.6 Å². The lowest BCUT2D eigenvalue weighted by molar-refractivity contribution is 0.0365. The van der Waals surface area contributed by atoms with Gasteiger partial charge in [0.2, 0.25) is 0 Å². The van der Waals surface area contributed by atoms with Crippen molar-refractivity contribution in [2.75, 3.05) is 39.2 Å². The summed E-state index contributed by atoms with van der Waals surface area (Å²) in [6.07, 6.45) is 3.72. The molecular formula is C13H23N3O2. The van der Waals surface area contributed by atoms with Gasteiger partial charge in [-0.25, -0.2) is 0 Å². The lowest BCUT2D eigenvalue weighted by atomic mass is 10.2. The van der Waals surface area contributed by atoms with Gasteiger partial charge in [0.05, 0.1) is 12.7 Å². The number of nitrogens with zero attached hydrogens (tertiary/aromatic N) is 1. The lowest BCUT2D eigenvalue weighted by Gasteiger charge is -2.17. The van der Waals surface area contributed by atoms with E-state index in [4.69, 9.17) is 9.47 Å². The molecule has 0 aromatic carbocycles. The maximum absolute atomic E-state index is 5.31. The zero-order valence-corrected chi connectivity index (χ0v) is 11.4. The van der Waals surface area contributed by atoms with Crippen LogP contribution in [0.4, 0.5) is 5.69 Å². The molecule has 1 rings (SSSR count). The van der Waals surface area contributed by atoms with Crippen LogP contribution in [0.25, 0.3) is 0 Å². The predicted molar refractivity (Wildman–Crippen MR) is 72.8 cm³/mol. The molecule has 5 heteroatoms. The summed E-state index contributed by atoms with van der Waals surface area (Å²) in [7, 11) is 3.37. The standard InChI is InChI=1S/C13H23N3O2/c1-4-14-7-11-8-15-6-5-13(11)16-9-12(18-3)10-17-2/h5-6,8,12,14H,4,7,9-10H2,1-3H3,(H,15,16). The molecule has 1 atom stereocenters. The van der Waals surface area contributed by atoms with E-state index in [0.717, 1.165) is 24.3 Å². The Kier molecular flexibility index (Phi) is 7.32. The molecule has 0 aliphatic carbocycles. The minimum absolute atomic E-state index is 0.0511. The number of aromatic nitrogens is 1.